The maximum atomic E-state index is 12.0. The standard InChI is InChI=1S/C17H20N2O3S/c18-13-9-15-16(22-11-21-15)10-14(13)19-17(20)7-3-1-2-5-12-6-4-8-23-12/h4,6,8-10H,1-3,5,7,11,18H2,(H,19,20). The van der Waals surface area contributed by atoms with Gasteiger partial charge < -0.3 is 20.5 Å². The van der Waals surface area contributed by atoms with E-state index in [9.17, 15) is 4.79 Å². The number of fused-ring (bicyclic) bond motifs is 1. The summed E-state index contributed by atoms with van der Waals surface area (Å²) in [6, 6.07) is 7.62. The molecule has 0 saturated carbocycles. The van der Waals surface area contributed by atoms with Gasteiger partial charge in [-0.05, 0) is 30.7 Å². The minimum Gasteiger partial charge on any atom is -0.454 e. The summed E-state index contributed by atoms with van der Waals surface area (Å²) in [7, 11) is 0. The van der Waals surface area contributed by atoms with Crippen molar-refractivity contribution < 1.29 is 14.3 Å². The number of anilines is 2. The van der Waals surface area contributed by atoms with Gasteiger partial charge in [-0.3, -0.25) is 4.79 Å². The zero-order valence-corrected chi connectivity index (χ0v) is 13.7. The first-order valence-corrected chi connectivity index (χ1v) is 8.62. The highest BCUT2D eigenvalue weighted by Crippen LogP contribution is 2.38. The van der Waals surface area contributed by atoms with Crippen molar-refractivity contribution in [2.75, 3.05) is 17.8 Å². The number of amides is 1. The Morgan fingerprint density at radius 3 is 2.83 bits per heavy atom. The zero-order chi connectivity index (χ0) is 16.1. The molecule has 0 saturated heterocycles. The second-order valence-electron chi connectivity index (χ2n) is 5.48. The Bertz CT molecular complexity index is 671. The van der Waals surface area contributed by atoms with Crippen molar-refractivity contribution >= 4 is 28.6 Å². The van der Waals surface area contributed by atoms with Crippen LogP contribution < -0.4 is 20.5 Å². The molecule has 23 heavy (non-hydrogen) atoms. The van der Waals surface area contributed by atoms with Gasteiger partial charge >= 0.3 is 0 Å². The molecule has 1 aromatic heterocycles. The molecule has 0 fully saturated rings. The third kappa shape index (κ3) is 4.16. The summed E-state index contributed by atoms with van der Waals surface area (Å²) < 4.78 is 10.5. The topological polar surface area (TPSA) is 73.6 Å². The maximum absolute atomic E-state index is 12.0. The van der Waals surface area contributed by atoms with Gasteiger partial charge in [0.15, 0.2) is 11.5 Å². The van der Waals surface area contributed by atoms with Crippen molar-refractivity contribution in [3.63, 3.8) is 0 Å². The van der Waals surface area contributed by atoms with Crippen LogP contribution in [-0.2, 0) is 11.2 Å². The number of nitrogens with two attached hydrogens (primary N) is 1. The Kier molecular flexibility index (Phi) is 5.02. The average Bonchev–Trinajstić information content (AvgIpc) is 3.18. The predicted octanol–water partition coefficient (Wildman–Crippen LogP) is 3.80. The third-order valence-corrected chi connectivity index (χ3v) is 4.66. The fraction of sp³-hybridized carbons (Fsp3) is 0.353. The maximum Gasteiger partial charge on any atom is 0.231 e. The molecule has 5 nitrogen and oxygen atoms in total. The monoisotopic (exact) mass is 332 g/mol. The van der Waals surface area contributed by atoms with E-state index in [1.807, 2.05) is 0 Å². The molecular weight excluding hydrogens is 312 g/mol. The van der Waals surface area contributed by atoms with Crippen molar-refractivity contribution in [1.29, 1.82) is 0 Å². The Hall–Kier alpha value is -2.21. The van der Waals surface area contributed by atoms with Crippen molar-refractivity contribution in [2.24, 2.45) is 0 Å². The van der Waals surface area contributed by atoms with Gasteiger partial charge in [0.2, 0.25) is 12.7 Å². The number of rotatable bonds is 7. The molecule has 0 aliphatic carbocycles. The van der Waals surface area contributed by atoms with Gasteiger partial charge in [-0.1, -0.05) is 12.5 Å². The summed E-state index contributed by atoms with van der Waals surface area (Å²) in [6.45, 7) is 0.191. The Morgan fingerprint density at radius 1 is 1.22 bits per heavy atom. The van der Waals surface area contributed by atoms with E-state index in [2.05, 4.69) is 22.8 Å². The Morgan fingerprint density at radius 2 is 2.04 bits per heavy atom. The van der Waals surface area contributed by atoms with E-state index in [-0.39, 0.29) is 12.7 Å². The molecule has 0 atom stereocenters. The molecule has 122 valence electrons. The Labute approximate surface area is 139 Å². The van der Waals surface area contributed by atoms with Gasteiger partial charge in [-0.25, -0.2) is 0 Å². The molecule has 0 spiro atoms. The SMILES string of the molecule is Nc1cc2c(cc1NC(=O)CCCCCc1cccs1)OCO2. The number of unbranched alkanes of at least 4 members (excludes halogenated alkanes) is 2. The van der Waals surface area contributed by atoms with Crippen molar-refractivity contribution in [1.82, 2.24) is 0 Å². The molecule has 0 unspecified atom stereocenters. The van der Waals surface area contributed by atoms with Crippen LogP contribution in [0.2, 0.25) is 0 Å². The quantitative estimate of drug-likeness (QED) is 0.597. The van der Waals surface area contributed by atoms with Gasteiger partial charge in [-0.15, -0.1) is 11.3 Å². The van der Waals surface area contributed by atoms with E-state index in [1.54, 1.807) is 23.5 Å². The largest absolute Gasteiger partial charge is 0.454 e. The molecular formula is C17H20N2O3S. The van der Waals surface area contributed by atoms with Crippen LogP contribution in [0.4, 0.5) is 11.4 Å². The second kappa shape index (κ2) is 7.37. The van der Waals surface area contributed by atoms with E-state index in [0.29, 0.717) is 29.3 Å². The number of thiophene rings is 1. The average molecular weight is 332 g/mol. The van der Waals surface area contributed by atoms with E-state index >= 15 is 0 Å². The molecule has 2 aromatic rings. The Balaban J connectivity index is 1.41. The van der Waals surface area contributed by atoms with E-state index in [4.69, 9.17) is 15.2 Å². The summed E-state index contributed by atoms with van der Waals surface area (Å²) in [4.78, 5) is 13.4. The fourth-order valence-electron chi connectivity index (χ4n) is 2.50. The number of carbonyl (C=O) groups excluding carboxylic acids is 1. The molecule has 3 N–H and O–H groups in total. The van der Waals surface area contributed by atoms with Crippen LogP contribution in [0.15, 0.2) is 29.6 Å². The fourth-order valence-corrected chi connectivity index (χ4v) is 3.25. The zero-order valence-electron chi connectivity index (χ0n) is 12.8. The van der Waals surface area contributed by atoms with Crippen molar-refractivity contribution in [3.8, 4) is 11.5 Å². The van der Waals surface area contributed by atoms with Crippen LogP contribution >= 0.6 is 11.3 Å². The van der Waals surface area contributed by atoms with E-state index < -0.39 is 0 Å². The minimum atomic E-state index is -0.0216. The van der Waals surface area contributed by atoms with Crippen LogP contribution in [0.25, 0.3) is 0 Å². The van der Waals surface area contributed by atoms with Crippen LogP contribution in [0.1, 0.15) is 30.6 Å². The van der Waals surface area contributed by atoms with Gasteiger partial charge in [0, 0.05) is 23.4 Å². The van der Waals surface area contributed by atoms with Gasteiger partial charge in [-0.2, -0.15) is 0 Å². The lowest BCUT2D eigenvalue weighted by Crippen LogP contribution is -2.12. The highest BCUT2D eigenvalue weighted by Gasteiger charge is 2.17. The summed E-state index contributed by atoms with van der Waals surface area (Å²) in [5, 5.41) is 4.94. The molecule has 0 bridgehead atoms. The number of nitrogens with one attached hydrogen (secondary N) is 1. The van der Waals surface area contributed by atoms with E-state index in [1.165, 1.54) is 4.88 Å². The molecule has 1 aliphatic heterocycles. The van der Waals surface area contributed by atoms with Crippen LogP contribution in [0.5, 0.6) is 11.5 Å². The lowest BCUT2D eigenvalue weighted by Gasteiger charge is -2.09. The normalized spacial score (nSPS) is 12.3. The van der Waals surface area contributed by atoms with Crippen LogP contribution in [-0.4, -0.2) is 12.7 Å². The van der Waals surface area contributed by atoms with Crippen molar-refractivity contribution in [3.05, 3.63) is 34.5 Å². The van der Waals surface area contributed by atoms with Crippen LogP contribution in [0.3, 0.4) is 0 Å². The number of hydrogen-bond donors (Lipinski definition) is 2. The highest BCUT2D eigenvalue weighted by atomic mass is 32.1. The lowest BCUT2D eigenvalue weighted by molar-refractivity contribution is -0.116. The van der Waals surface area contributed by atoms with Gasteiger partial charge in [0.1, 0.15) is 0 Å². The van der Waals surface area contributed by atoms with E-state index in [0.717, 1.165) is 25.7 Å². The first kappa shape index (κ1) is 15.7. The van der Waals surface area contributed by atoms with Crippen LogP contribution in [0, 0.1) is 0 Å². The summed E-state index contributed by atoms with van der Waals surface area (Å²) in [5.74, 6) is 1.21. The van der Waals surface area contributed by atoms with Gasteiger partial charge in [0.25, 0.3) is 0 Å². The number of nitrogen functional groups attached to an aromatic ring is 1. The first-order valence-electron chi connectivity index (χ1n) is 7.74. The number of aryl methyl sites for hydroxylation is 1. The number of hydrogen-bond acceptors (Lipinski definition) is 5. The van der Waals surface area contributed by atoms with Crippen molar-refractivity contribution in [2.45, 2.75) is 32.1 Å². The summed E-state index contributed by atoms with van der Waals surface area (Å²) in [6.07, 6.45) is 4.62. The lowest BCUT2D eigenvalue weighted by atomic mass is 10.1. The molecule has 1 aliphatic rings. The summed E-state index contributed by atoms with van der Waals surface area (Å²) in [5.41, 5.74) is 6.99. The molecule has 3 rings (SSSR count). The predicted molar refractivity (Wildman–Crippen MR) is 92.1 cm³/mol. The third-order valence-electron chi connectivity index (χ3n) is 3.73. The minimum absolute atomic E-state index is 0.0216. The highest BCUT2D eigenvalue weighted by molar-refractivity contribution is 7.09. The molecule has 2 heterocycles. The number of ether oxygens (including phenoxy) is 2. The molecule has 6 heteroatoms. The second-order valence-corrected chi connectivity index (χ2v) is 6.51. The molecule has 1 amide bonds. The first-order chi connectivity index (χ1) is 11.2. The molecule has 0 radical (unpaired) electrons. The number of benzene rings is 1. The number of carbonyl (C=O) groups is 1. The van der Waals surface area contributed by atoms with Gasteiger partial charge in [0.05, 0.1) is 11.4 Å². The smallest absolute Gasteiger partial charge is 0.231 e. The summed E-state index contributed by atoms with van der Waals surface area (Å²) >= 11 is 1.79. The molecule has 1 aromatic carbocycles.